The molecule has 0 radical (unpaired) electrons. The lowest BCUT2D eigenvalue weighted by atomic mass is 10.0. The van der Waals surface area contributed by atoms with E-state index in [1.165, 1.54) is 0 Å². The van der Waals surface area contributed by atoms with E-state index in [1.807, 2.05) is 54.6 Å². The van der Waals surface area contributed by atoms with Crippen LogP contribution in [0.15, 0.2) is 89.7 Å². The molecule has 3 heterocycles. The Labute approximate surface area is 211 Å². The molecule has 1 fully saturated rings. The number of thiocarbonyl (C=S) groups is 1. The van der Waals surface area contributed by atoms with Gasteiger partial charge >= 0.3 is 0 Å². The maximum atomic E-state index is 6.49. The monoisotopic (exact) mass is 538 g/mol. The van der Waals surface area contributed by atoms with Crippen LogP contribution in [-0.4, -0.2) is 21.8 Å². The molecule has 1 aliphatic rings. The molecule has 5 nitrogen and oxygen atoms in total. The topological polar surface area (TPSA) is 42.3 Å². The third-order valence-corrected chi connectivity index (χ3v) is 6.78. The lowest BCUT2D eigenvalue weighted by Crippen LogP contribution is -2.30. The van der Waals surface area contributed by atoms with Crippen molar-refractivity contribution in [1.82, 2.24) is 14.9 Å². The zero-order chi connectivity index (χ0) is 22.9. The molecule has 0 bridgehead atoms. The molecule has 2 atom stereocenters. The Kier molecular flexibility index (Phi) is 6.10. The van der Waals surface area contributed by atoms with Gasteiger partial charge in [-0.1, -0.05) is 39.7 Å². The normalized spacial score (nSPS) is 17.8. The Hall–Kier alpha value is -2.87. The molecule has 166 valence electrons. The second kappa shape index (κ2) is 9.17. The Balaban J connectivity index is 1.67. The minimum absolute atomic E-state index is 0.152. The highest BCUT2D eigenvalue weighted by molar-refractivity contribution is 9.10. The quantitative estimate of drug-likeness (QED) is 0.294. The summed E-state index contributed by atoms with van der Waals surface area (Å²) in [7, 11) is 1.60. The highest BCUT2D eigenvalue weighted by atomic mass is 79.9. The first-order chi connectivity index (χ1) is 16.1. The summed E-state index contributed by atoms with van der Waals surface area (Å²) in [5.74, 6) is 0.619. The van der Waals surface area contributed by atoms with E-state index in [1.54, 1.807) is 13.3 Å². The Morgan fingerprint density at radius 1 is 1.03 bits per heavy atom. The van der Waals surface area contributed by atoms with Crippen LogP contribution in [0.4, 0.5) is 5.69 Å². The number of methoxy groups -OCH3 is 1. The van der Waals surface area contributed by atoms with Gasteiger partial charge in [-0.3, -0.25) is 4.98 Å². The molecule has 2 aromatic carbocycles. The number of pyridine rings is 1. The van der Waals surface area contributed by atoms with Crippen LogP contribution in [0.1, 0.15) is 23.5 Å². The van der Waals surface area contributed by atoms with Crippen LogP contribution >= 0.6 is 39.7 Å². The minimum Gasteiger partial charge on any atom is -0.495 e. The van der Waals surface area contributed by atoms with E-state index in [4.69, 9.17) is 28.6 Å². The second-order valence-corrected chi connectivity index (χ2v) is 9.31. The smallest absolute Gasteiger partial charge is 0.174 e. The van der Waals surface area contributed by atoms with Crippen molar-refractivity contribution in [1.29, 1.82) is 0 Å². The molecule has 0 amide bonds. The molecule has 2 unspecified atom stereocenters. The summed E-state index contributed by atoms with van der Waals surface area (Å²) in [4.78, 5) is 6.73. The first-order valence-corrected chi connectivity index (χ1v) is 11.9. The number of ether oxygens (including phenoxy) is 1. The van der Waals surface area contributed by atoms with E-state index < -0.39 is 0 Å². The van der Waals surface area contributed by atoms with Crippen molar-refractivity contribution < 1.29 is 4.74 Å². The Morgan fingerprint density at radius 2 is 1.91 bits per heavy atom. The summed E-state index contributed by atoms with van der Waals surface area (Å²) in [6.07, 6.45) is 3.87. The standard InChI is InChI=1S/C25H20BrClN4OS/c1-32-22-11-10-18(15-19(22)27)31-24(23(29-25(31)33)20-8-2-3-12-28-20)21-9-5-13-30(21)17-7-4-6-16(26)14-17/h2-15,23-24H,1H3,(H,29,33). The van der Waals surface area contributed by atoms with Crippen molar-refractivity contribution >= 4 is 50.5 Å². The Morgan fingerprint density at radius 3 is 2.64 bits per heavy atom. The number of hydrogen-bond donors (Lipinski definition) is 1. The van der Waals surface area contributed by atoms with Gasteiger partial charge in [0.2, 0.25) is 0 Å². The molecule has 0 aliphatic carbocycles. The molecule has 1 aliphatic heterocycles. The van der Waals surface area contributed by atoms with Crippen LogP contribution in [0, 0.1) is 0 Å². The van der Waals surface area contributed by atoms with Crippen molar-refractivity contribution in [3.63, 3.8) is 0 Å². The van der Waals surface area contributed by atoms with E-state index in [-0.39, 0.29) is 12.1 Å². The van der Waals surface area contributed by atoms with E-state index in [0.29, 0.717) is 15.9 Å². The van der Waals surface area contributed by atoms with Gasteiger partial charge in [0.1, 0.15) is 11.8 Å². The summed E-state index contributed by atoms with van der Waals surface area (Å²) in [5.41, 5.74) is 3.91. The zero-order valence-electron chi connectivity index (χ0n) is 17.7. The van der Waals surface area contributed by atoms with E-state index in [0.717, 1.165) is 27.2 Å². The fraction of sp³-hybridized carbons (Fsp3) is 0.120. The molecular formula is C25H20BrClN4OS. The van der Waals surface area contributed by atoms with Gasteiger partial charge in [-0.25, -0.2) is 0 Å². The van der Waals surface area contributed by atoms with E-state index >= 15 is 0 Å². The van der Waals surface area contributed by atoms with Crippen LogP contribution in [-0.2, 0) is 0 Å². The molecule has 4 aromatic rings. The van der Waals surface area contributed by atoms with E-state index in [9.17, 15) is 0 Å². The number of hydrogen-bond acceptors (Lipinski definition) is 3. The summed E-state index contributed by atoms with van der Waals surface area (Å²) in [6.45, 7) is 0. The first kappa shape index (κ1) is 21.9. The number of aromatic nitrogens is 2. The van der Waals surface area contributed by atoms with Crippen molar-refractivity contribution in [3.05, 3.63) is 106 Å². The third-order valence-electron chi connectivity index (χ3n) is 5.68. The zero-order valence-corrected chi connectivity index (χ0v) is 20.8. The van der Waals surface area contributed by atoms with Gasteiger partial charge in [0.25, 0.3) is 0 Å². The van der Waals surface area contributed by atoms with Crippen LogP contribution in [0.5, 0.6) is 5.75 Å². The van der Waals surface area contributed by atoms with Gasteiger partial charge in [0.05, 0.1) is 23.9 Å². The molecule has 1 N–H and O–H groups in total. The largest absolute Gasteiger partial charge is 0.495 e. The predicted molar refractivity (Wildman–Crippen MR) is 139 cm³/mol. The Bertz CT molecular complexity index is 1310. The first-order valence-electron chi connectivity index (χ1n) is 10.3. The summed E-state index contributed by atoms with van der Waals surface area (Å²) in [5, 5.41) is 4.63. The van der Waals surface area contributed by atoms with Crippen LogP contribution in [0.25, 0.3) is 5.69 Å². The number of anilines is 1. The highest BCUT2D eigenvalue weighted by Gasteiger charge is 2.42. The van der Waals surface area contributed by atoms with Crippen LogP contribution < -0.4 is 15.0 Å². The molecule has 5 rings (SSSR count). The molecule has 0 spiro atoms. The molecule has 0 saturated carbocycles. The average molecular weight is 540 g/mol. The number of rotatable bonds is 5. The van der Waals surface area contributed by atoms with Gasteiger partial charge in [0.15, 0.2) is 5.11 Å². The third kappa shape index (κ3) is 4.12. The van der Waals surface area contributed by atoms with Crippen LogP contribution in [0.2, 0.25) is 5.02 Å². The fourth-order valence-electron chi connectivity index (χ4n) is 4.23. The number of nitrogens with zero attached hydrogens (tertiary/aromatic N) is 3. The van der Waals surface area contributed by atoms with Crippen molar-refractivity contribution in [2.75, 3.05) is 12.0 Å². The maximum Gasteiger partial charge on any atom is 0.174 e. The molecule has 2 aromatic heterocycles. The maximum absolute atomic E-state index is 6.49. The fourth-order valence-corrected chi connectivity index (χ4v) is 5.22. The lowest BCUT2D eigenvalue weighted by molar-refractivity contribution is 0.415. The molecule has 8 heteroatoms. The lowest BCUT2D eigenvalue weighted by Gasteiger charge is -2.29. The minimum atomic E-state index is -0.161. The summed E-state index contributed by atoms with van der Waals surface area (Å²) < 4.78 is 8.54. The van der Waals surface area contributed by atoms with Crippen molar-refractivity contribution in [3.8, 4) is 11.4 Å². The van der Waals surface area contributed by atoms with E-state index in [2.05, 4.69) is 60.1 Å². The van der Waals surface area contributed by atoms with Gasteiger partial charge < -0.3 is 19.5 Å². The number of halogens is 2. The number of nitrogens with one attached hydrogen (secondary N) is 1. The van der Waals surface area contributed by atoms with Gasteiger partial charge in [-0.15, -0.1) is 0 Å². The number of benzene rings is 2. The van der Waals surface area contributed by atoms with Crippen molar-refractivity contribution in [2.45, 2.75) is 12.1 Å². The SMILES string of the molecule is COc1ccc(N2C(=S)NC(c3ccccn3)C2c2cccn2-c2cccc(Br)c2)cc1Cl. The average Bonchev–Trinajstić information content (AvgIpc) is 3.44. The highest BCUT2D eigenvalue weighted by Crippen LogP contribution is 2.43. The molecular weight excluding hydrogens is 520 g/mol. The summed E-state index contributed by atoms with van der Waals surface area (Å²) in [6, 6.07) is 23.7. The molecule has 33 heavy (non-hydrogen) atoms. The second-order valence-electron chi connectivity index (χ2n) is 7.60. The van der Waals surface area contributed by atoms with Crippen LogP contribution in [0.3, 0.4) is 0 Å². The van der Waals surface area contributed by atoms with Crippen molar-refractivity contribution in [2.24, 2.45) is 0 Å². The molecule has 1 saturated heterocycles. The van der Waals surface area contributed by atoms with Gasteiger partial charge in [-0.2, -0.15) is 0 Å². The predicted octanol–water partition coefficient (Wildman–Crippen LogP) is 6.47. The van der Waals surface area contributed by atoms with Gasteiger partial charge in [-0.05, 0) is 72.9 Å². The summed E-state index contributed by atoms with van der Waals surface area (Å²) >= 11 is 15.9. The van der Waals surface area contributed by atoms with Gasteiger partial charge in [0, 0.05) is 33.9 Å².